The Balaban J connectivity index is 2.11. The van der Waals surface area contributed by atoms with E-state index < -0.39 is 22.6 Å². The van der Waals surface area contributed by atoms with Gasteiger partial charge in [-0.25, -0.2) is 17.5 Å². The second-order valence-corrected chi connectivity index (χ2v) is 8.27. The minimum atomic E-state index is -3.66. The van der Waals surface area contributed by atoms with Crippen LogP contribution in [0.5, 0.6) is 0 Å². The fourth-order valence-corrected chi connectivity index (χ4v) is 3.16. The fourth-order valence-electron chi connectivity index (χ4n) is 2.21. The topological polar surface area (TPSA) is 80.8 Å². The highest BCUT2D eigenvalue weighted by atomic mass is 32.2. The standard InChI is InChI=1S/C19H21NO5S/c1-13-8-9-15(10-14(13)2)18(21)12-25-19(22)16-6-5-7-17(11-16)26(23,24)20(3)4/h5-11H,12H2,1-4H3. The van der Waals surface area contributed by atoms with E-state index >= 15 is 0 Å². The molecule has 0 spiro atoms. The molecule has 138 valence electrons. The number of aryl methyl sites for hydroxylation is 2. The number of hydrogen-bond donors (Lipinski definition) is 0. The van der Waals surface area contributed by atoms with E-state index in [1.165, 1.54) is 38.4 Å². The van der Waals surface area contributed by atoms with Crippen molar-refractivity contribution in [2.24, 2.45) is 0 Å². The molecule has 0 saturated carbocycles. The van der Waals surface area contributed by atoms with Crippen molar-refractivity contribution in [1.29, 1.82) is 0 Å². The first-order valence-corrected chi connectivity index (χ1v) is 9.37. The summed E-state index contributed by atoms with van der Waals surface area (Å²) in [5.74, 6) is -1.07. The fraction of sp³-hybridized carbons (Fsp3) is 0.263. The maximum atomic E-state index is 12.2. The summed E-state index contributed by atoms with van der Waals surface area (Å²) in [6, 6.07) is 10.8. The van der Waals surface area contributed by atoms with Crippen LogP contribution < -0.4 is 0 Å². The third kappa shape index (κ3) is 4.36. The third-order valence-corrected chi connectivity index (χ3v) is 5.82. The van der Waals surface area contributed by atoms with E-state index in [9.17, 15) is 18.0 Å². The van der Waals surface area contributed by atoms with Crippen LogP contribution in [0.3, 0.4) is 0 Å². The second kappa shape index (κ2) is 7.80. The number of nitrogens with zero attached hydrogens (tertiary/aromatic N) is 1. The minimum Gasteiger partial charge on any atom is -0.454 e. The molecule has 6 nitrogen and oxygen atoms in total. The molecule has 0 aliphatic heterocycles. The Morgan fingerprint density at radius 3 is 2.27 bits per heavy atom. The van der Waals surface area contributed by atoms with Gasteiger partial charge in [-0.1, -0.05) is 18.2 Å². The van der Waals surface area contributed by atoms with E-state index in [4.69, 9.17) is 4.74 Å². The number of ether oxygens (including phenoxy) is 1. The predicted molar refractivity (Wildman–Crippen MR) is 97.8 cm³/mol. The van der Waals surface area contributed by atoms with Crippen LogP contribution in [0.1, 0.15) is 31.8 Å². The molecule has 2 aromatic carbocycles. The number of rotatable bonds is 6. The van der Waals surface area contributed by atoms with Crippen molar-refractivity contribution in [1.82, 2.24) is 4.31 Å². The highest BCUT2D eigenvalue weighted by molar-refractivity contribution is 7.89. The zero-order valence-electron chi connectivity index (χ0n) is 15.1. The molecule has 2 aromatic rings. The van der Waals surface area contributed by atoms with Gasteiger partial charge in [-0.3, -0.25) is 4.79 Å². The van der Waals surface area contributed by atoms with Gasteiger partial charge in [-0.15, -0.1) is 0 Å². The molecule has 0 fully saturated rings. The monoisotopic (exact) mass is 375 g/mol. The Morgan fingerprint density at radius 2 is 1.65 bits per heavy atom. The summed E-state index contributed by atoms with van der Waals surface area (Å²) < 4.78 is 30.4. The lowest BCUT2D eigenvalue weighted by Crippen LogP contribution is -2.22. The Kier molecular flexibility index (Phi) is 5.94. The third-order valence-electron chi connectivity index (χ3n) is 4.01. The van der Waals surface area contributed by atoms with Gasteiger partial charge in [-0.05, 0) is 49.2 Å². The largest absolute Gasteiger partial charge is 0.454 e. The first-order valence-electron chi connectivity index (χ1n) is 7.93. The molecule has 0 saturated heterocycles. The Hall–Kier alpha value is -2.51. The Bertz CT molecular complexity index is 948. The average molecular weight is 375 g/mol. The molecule has 0 atom stereocenters. The zero-order valence-corrected chi connectivity index (χ0v) is 16.0. The minimum absolute atomic E-state index is 0.0163. The summed E-state index contributed by atoms with van der Waals surface area (Å²) in [6.45, 7) is 3.43. The molecule has 0 bridgehead atoms. The van der Waals surface area contributed by atoms with Crippen LogP contribution >= 0.6 is 0 Å². The van der Waals surface area contributed by atoms with Gasteiger partial charge in [-0.2, -0.15) is 0 Å². The molecule has 0 unspecified atom stereocenters. The number of Topliss-reactive ketones (excluding diaryl/α,β-unsaturated/α-hetero) is 1. The summed E-state index contributed by atoms with van der Waals surface area (Å²) in [5, 5.41) is 0. The number of hydrogen-bond acceptors (Lipinski definition) is 5. The van der Waals surface area contributed by atoms with Gasteiger partial charge in [0.2, 0.25) is 10.0 Å². The normalized spacial score (nSPS) is 11.4. The van der Waals surface area contributed by atoms with Crippen LogP contribution in [-0.2, 0) is 14.8 Å². The summed E-state index contributed by atoms with van der Waals surface area (Å²) in [4.78, 5) is 24.3. The van der Waals surface area contributed by atoms with Gasteiger partial charge in [0.25, 0.3) is 0 Å². The van der Waals surface area contributed by atoms with Crippen LogP contribution in [0, 0.1) is 13.8 Å². The first-order chi connectivity index (χ1) is 12.1. The lowest BCUT2D eigenvalue weighted by atomic mass is 10.0. The van der Waals surface area contributed by atoms with Crippen molar-refractivity contribution in [2.45, 2.75) is 18.7 Å². The molecule has 0 amide bonds. The molecule has 0 heterocycles. The highest BCUT2D eigenvalue weighted by Crippen LogP contribution is 2.16. The molecule has 0 aliphatic rings. The molecule has 7 heteroatoms. The van der Waals surface area contributed by atoms with Gasteiger partial charge in [0.15, 0.2) is 12.4 Å². The lowest BCUT2D eigenvalue weighted by molar-refractivity contribution is 0.0474. The quantitative estimate of drug-likeness (QED) is 0.573. The van der Waals surface area contributed by atoms with Crippen molar-refractivity contribution in [3.63, 3.8) is 0 Å². The molecule has 26 heavy (non-hydrogen) atoms. The highest BCUT2D eigenvalue weighted by Gasteiger charge is 2.19. The van der Waals surface area contributed by atoms with Crippen LogP contribution in [0.25, 0.3) is 0 Å². The molecular formula is C19H21NO5S. The molecule has 0 aliphatic carbocycles. The van der Waals surface area contributed by atoms with E-state index in [0.29, 0.717) is 5.56 Å². The summed E-state index contributed by atoms with van der Waals surface area (Å²) >= 11 is 0. The van der Waals surface area contributed by atoms with Gasteiger partial charge < -0.3 is 4.74 Å². The van der Waals surface area contributed by atoms with Crippen molar-refractivity contribution >= 4 is 21.8 Å². The van der Waals surface area contributed by atoms with Crippen molar-refractivity contribution in [3.05, 3.63) is 64.7 Å². The summed E-state index contributed by atoms with van der Waals surface area (Å²) in [6.07, 6.45) is 0. The number of ketones is 1. The average Bonchev–Trinajstić information content (AvgIpc) is 2.61. The number of sulfonamides is 1. The molecular weight excluding hydrogens is 354 g/mol. The number of carbonyl (C=O) groups excluding carboxylic acids is 2. The van der Waals surface area contributed by atoms with Crippen LogP contribution in [-0.4, -0.2) is 45.2 Å². The van der Waals surface area contributed by atoms with Crippen LogP contribution in [0.2, 0.25) is 0 Å². The van der Waals surface area contributed by atoms with Gasteiger partial charge in [0, 0.05) is 19.7 Å². The maximum absolute atomic E-state index is 12.2. The van der Waals surface area contributed by atoms with E-state index in [0.717, 1.165) is 15.4 Å². The van der Waals surface area contributed by atoms with E-state index in [1.54, 1.807) is 12.1 Å². The molecule has 0 N–H and O–H groups in total. The number of esters is 1. The SMILES string of the molecule is Cc1ccc(C(=O)COC(=O)c2cccc(S(=O)(=O)N(C)C)c2)cc1C. The summed E-state index contributed by atoms with van der Waals surface area (Å²) in [5.41, 5.74) is 2.58. The zero-order chi connectivity index (χ0) is 19.5. The van der Waals surface area contributed by atoms with Gasteiger partial charge in [0.05, 0.1) is 10.5 Å². The van der Waals surface area contributed by atoms with E-state index in [2.05, 4.69) is 0 Å². The molecule has 0 radical (unpaired) electrons. The van der Waals surface area contributed by atoms with Crippen molar-refractivity contribution < 1.29 is 22.7 Å². The van der Waals surface area contributed by atoms with E-state index in [-0.39, 0.29) is 16.2 Å². The lowest BCUT2D eigenvalue weighted by Gasteiger charge is -2.12. The number of carbonyl (C=O) groups is 2. The maximum Gasteiger partial charge on any atom is 0.338 e. The Morgan fingerprint density at radius 1 is 0.962 bits per heavy atom. The van der Waals surface area contributed by atoms with Gasteiger partial charge in [0.1, 0.15) is 0 Å². The van der Waals surface area contributed by atoms with Crippen LogP contribution in [0.4, 0.5) is 0 Å². The molecule has 2 rings (SSSR count). The van der Waals surface area contributed by atoms with Crippen LogP contribution in [0.15, 0.2) is 47.4 Å². The van der Waals surface area contributed by atoms with E-state index in [1.807, 2.05) is 19.9 Å². The summed E-state index contributed by atoms with van der Waals surface area (Å²) in [7, 11) is -0.847. The van der Waals surface area contributed by atoms with Crippen molar-refractivity contribution in [2.75, 3.05) is 20.7 Å². The molecule has 0 aromatic heterocycles. The van der Waals surface area contributed by atoms with Gasteiger partial charge >= 0.3 is 5.97 Å². The predicted octanol–water partition coefficient (Wildman–Crippen LogP) is 2.59. The smallest absolute Gasteiger partial charge is 0.338 e. The second-order valence-electron chi connectivity index (χ2n) is 6.11. The first kappa shape index (κ1) is 19.8. The Labute approximate surface area is 153 Å². The van der Waals surface area contributed by atoms with Crippen molar-refractivity contribution in [3.8, 4) is 0 Å². The number of benzene rings is 2.